The lowest BCUT2D eigenvalue weighted by Gasteiger charge is -2.30. The van der Waals surface area contributed by atoms with Crippen LogP contribution in [0, 0.1) is 5.92 Å². The predicted octanol–water partition coefficient (Wildman–Crippen LogP) is 3.72. The molecule has 0 aromatic heterocycles. The first-order valence-corrected chi connectivity index (χ1v) is 9.98. The van der Waals surface area contributed by atoms with E-state index in [1.807, 2.05) is 36.4 Å². The number of hydrogen-bond acceptors (Lipinski definition) is 5. The maximum Gasteiger partial charge on any atom is 0.243 e. The molecule has 154 valence electrons. The van der Waals surface area contributed by atoms with Crippen molar-refractivity contribution in [2.75, 3.05) is 27.3 Å². The third-order valence-corrected chi connectivity index (χ3v) is 5.33. The summed E-state index contributed by atoms with van der Waals surface area (Å²) in [6.45, 7) is 2.66. The number of halogens is 1. The predicted molar refractivity (Wildman–Crippen MR) is 115 cm³/mol. The fraction of sp³-hybridized carbons (Fsp3) is 0.364. The molecule has 1 N–H and O–H groups in total. The van der Waals surface area contributed by atoms with E-state index < -0.39 is 0 Å². The third kappa shape index (κ3) is 5.95. The number of hydrogen-bond donors (Lipinski definition) is 1. The Balaban J connectivity index is 1.46. The van der Waals surface area contributed by atoms with Crippen molar-refractivity contribution in [3.8, 4) is 11.5 Å². The van der Waals surface area contributed by atoms with Gasteiger partial charge < -0.3 is 9.47 Å². The number of nitrogens with zero attached hydrogens (tertiary/aromatic N) is 2. The molecule has 0 atom stereocenters. The number of benzene rings is 2. The van der Waals surface area contributed by atoms with Crippen LogP contribution in [-0.2, 0) is 11.3 Å². The van der Waals surface area contributed by atoms with Gasteiger partial charge in [0.15, 0.2) is 11.5 Å². The molecule has 1 fully saturated rings. The summed E-state index contributed by atoms with van der Waals surface area (Å²) >= 11 is 5.94. The van der Waals surface area contributed by atoms with Crippen molar-refractivity contribution in [1.82, 2.24) is 10.3 Å². The van der Waals surface area contributed by atoms with E-state index in [0.717, 1.165) is 43.1 Å². The van der Waals surface area contributed by atoms with Crippen LogP contribution in [0.1, 0.15) is 24.0 Å². The third-order valence-electron chi connectivity index (χ3n) is 5.07. The Morgan fingerprint density at radius 1 is 1.14 bits per heavy atom. The van der Waals surface area contributed by atoms with E-state index in [9.17, 15) is 4.79 Å². The van der Waals surface area contributed by atoms with Crippen molar-refractivity contribution < 1.29 is 14.3 Å². The fourth-order valence-corrected chi connectivity index (χ4v) is 3.52. The molecule has 1 aliphatic rings. The van der Waals surface area contributed by atoms with Crippen molar-refractivity contribution in [1.29, 1.82) is 0 Å². The molecule has 2 aromatic rings. The lowest BCUT2D eigenvalue weighted by molar-refractivity contribution is -0.126. The minimum atomic E-state index is -0.0344. The second kappa shape index (κ2) is 10.3. The van der Waals surface area contributed by atoms with E-state index in [1.165, 1.54) is 5.56 Å². The van der Waals surface area contributed by atoms with Crippen LogP contribution >= 0.6 is 11.6 Å². The number of ether oxygens (including phenoxy) is 2. The topological polar surface area (TPSA) is 63.2 Å². The standard InChI is InChI=1S/C22H26ClN3O3/c1-28-20-8-5-17(13-21(20)29-2)14-24-25-22(27)18-9-11-26(12-10-18)15-16-3-6-19(23)7-4-16/h3-8,13-14,18H,9-12,15H2,1-2H3,(H,25,27)/b24-14+. The molecule has 3 rings (SSSR count). The molecule has 0 saturated carbocycles. The van der Waals surface area contributed by atoms with Crippen molar-refractivity contribution in [2.24, 2.45) is 11.0 Å². The fourth-order valence-electron chi connectivity index (χ4n) is 3.40. The summed E-state index contributed by atoms with van der Waals surface area (Å²) < 4.78 is 10.5. The van der Waals surface area contributed by atoms with Gasteiger partial charge in [0.25, 0.3) is 0 Å². The highest BCUT2D eigenvalue weighted by atomic mass is 35.5. The zero-order chi connectivity index (χ0) is 20.6. The van der Waals surface area contributed by atoms with Crippen LogP contribution in [0.15, 0.2) is 47.6 Å². The number of carbonyl (C=O) groups is 1. The van der Waals surface area contributed by atoms with E-state index in [4.69, 9.17) is 21.1 Å². The van der Waals surface area contributed by atoms with Crippen LogP contribution in [0.25, 0.3) is 0 Å². The molecular formula is C22H26ClN3O3. The Morgan fingerprint density at radius 2 is 1.83 bits per heavy atom. The van der Waals surface area contributed by atoms with Crippen molar-refractivity contribution >= 4 is 23.7 Å². The Kier molecular flexibility index (Phi) is 7.49. The van der Waals surface area contributed by atoms with Gasteiger partial charge in [0.1, 0.15) is 0 Å². The van der Waals surface area contributed by atoms with Crippen molar-refractivity contribution in [3.05, 3.63) is 58.6 Å². The molecule has 1 aliphatic heterocycles. The number of amides is 1. The number of methoxy groups -OCH3 is 2. The average molecular weight is 416 g/mol. The van der Waals surface area contributed by atoms with Gasteiger partial charge in [-0.1, -0.05) is 23.7 Å². The van der Waals surface area contributed by atoms with Crippen LogP contribution in [-0.4, -0.2) is 44.3 Å². The minimum absolute atomic E-state index is 0.0148. The summed E-state index contributed by atoms with van der Waals surface area (Å²) in [4.78, 5) is 14.8. The second-order valence-electron chi connectivity index (χ2n) is 7.03. The zero-order valence-electron chi connectivity index (χ0n) is 16.7. The summed E-state index contributed by atoms with van der Waals surface area (Å²) in [7, 11) is 3.17. The highest BCUT2D eigenvalue weighted by molar-refractivity contribution is 6.30. The summed E-state index contributed by atoms with van der Waals surface area (Å²) in [5, 5.41) is 4.84. The number of carbonyl (C=O) groups excluding carboxylic acids is 1. The van der Waals surface area contributed by atoms with Gasteiger partial charge in [-0.25, -0.2) is 5.43 Å². The Morgan fingerprint density at radius 3 is 2.48 bits per heavy atom. The monoisotopic (exact) mass is 415 g/mol. The largest absolute Gasteiger partial charge is 0.493 e. The lowest BCUT2D eigenvalue weighted by atomic mass is 9.96. The summed E-state index contributed by atoms with van der Waals surface area (Å²) in [6.07, 6.45) is 3.26. The molecule has 1 heterocycles. The van der Waals surface area contributed by atoms with Crippen LogP contribution in [0.4, 0.5) is 0 Å². The van der Waals surface area contributed by atoms with Gasteiger partial charge in [-0.2, -0.15) is 5.10 Å². The molecule has 0 spiro atoms. The molecule has 6 nitrogen and oxygen atoms in total. The molecule has 0 bridgehead atoms. The molecule has 1 amide bonds. The van der Waals surface area contributed by atoms with Gasteiger partial charge in [-0.3, -0.25) is 9.69 Å². The normalized spacial score (nSPS) is 15.4. The van der Waals surface area contributed by atoms with Gasteiger partial charge in [-0.15, -0.1) is 0 Å². The molecule has 29 heavy (non-hydrogen) atoms. The summed E-state index contributed by atoms with van der Waals surface area (Å²) in [6, 6.07) is 13.4. The van der Waals surface area contributed by atoms with E-state index in [0.29, 0.717) is 11.5 Å². The Hall–Kier alpha value is -2.57. The van der Waals surface area contributed by atoms with Crippen LogP contribution < -0.4 is 14.9 Å². The molecule has 0 radical (unpaired) electrons. The first-order valence-electron chi connectivity index (χ1n) is 9.61. The summed E-state index contributed by atoms with van der Waals surface area (Å²) in [5.74, 6) is 1.22. The second-order valence-corrected chi connectivity index (χ2v) is 7.46. The molecule has 2 aromatic carbocycles. The van der Waals surface area contributed by atoms with Crippen LogP contribution in [0.2, 0.25) is 5.02 Å². The van der Waals surface area contributed by atoms with Gasteiger partial charge in [-0.05, 0) is 67.4 Å². The smallest absolute Gasteiger partial charge is 0.243 e. The number of hydrazone groups is 1. The van der Waals surface area contributed by atoms with E-state index in [1.54, 1.807) is 26.5 Å². The number of nitrogens with one attached hydrogen (secondary N) is 1. The van der Waals surface area contributed by atoms with Gasteiger partial charge in [0.2, 0.25) is 5.91 Å². The first-order chi connectivity index (χ1) is 14.1. The van der Waals surface area contributed by atoms with Crippen molar-refractivity contribution in [3.63, 3.8) is 0 Å². The number of rotatable bonds is 7. The average Bonchev–Trinajstić information content (AvgIpc) is 2.75. The molecule has 0 unspecified atom stereocenters. The summed E-state index contributed by atoms with van der Waals surface area (Å²) in [5.41, 5.74) is 4.72. The van der Waals surface area contributed by atoms with E-state index in [-0.39, 0.29) is 11.8 Å². The Bertz CT molecular complexity index is 847. The lowest BCUT2D eigenvalue weighted by Crippen LogP contribution is -2.39. The van der Waals surface area contributed by atoms with Crippen LogP contribution in [0.5, 0.6) is 11.5 Å². The minimum Gasteiger partial charge on any atom is -0.493 e. The SMILES string of the molecule is COc1ccc(/C=N/NC(=O)C2CCN(Cc3ccc(Cl)cc3)CC2)cc1OC. The maximum absolute atomic E-state index is 12.4. The first kappa shape index (κ1) is 21.1. The van der Waals surface area contributed by atoms with E-state index >= 15 is 0 Å². The molecule has 1 saturated heterocycles. The molecular weight excluding hydrogens is 390 g/mol. The van der Waals surface area contributed by atoms with Crippen molar-refractivity contribution in [2.45, 2.75) is 19.4 Å². The molecule has 7 heteroatoms. The molecule has 0 aliphatic carbocycles. The van der Waals surface area contributed by atoms with Gasteiger partial charge >= 0.3 is 0 Å². The number of piperidine rings is 1. The highest BCUT2D eigenvalue weighted by Gasteiger charge is 2.24. The highest BCUT2D eigenvalue weighted by Crippen LogP contribution is 2.27. The number of likely N-dealkylation sites (tertiary alicyclic amines) is 1. The quantitative estimate of drug-likeness (QED) is 0.553. The van der Waals surface area contributed by atoms with Gasteiger partial charge in [0.05, 0.1) is 20.4 Å². The maximum atomic E-state index is 12.4. The van der Waals surface area contributed by atoms with E-state index in [2.05, 4.69) is 15.4 Å². The van der Waals surface area contributed by atoms with Gasteiger partial charge in [0, 0.05) is 17.5 Å². The zero-order valence-corrected chi connectivity index (χ0v) is 17.5. The van der Waals surface area contributed by atoms with Crippen LogP contribution in [0.3, 0.4) is 0 Å². The Labute approximate surface area is 176 Å².